The SMILES string of the molecule is Cc1cccc(=O)n1CCCCC(=O)NC(C(=O)O)c1ccccc1. The third kappa shape index (κ3) is 5.31. The normalized spacial score (nSPS) is 11.7. The van der Waals surface area contributed by atoms with Crippen molar-refractivity contribution in [2.75, 3.05) is 0 Å². The molecule has 1 unspecified atom stereocenters. The number of carbonyl (C=O) groups excluding carboxylic acids is 1. The largest absolute Gasteiger partial charge is 0.479 e. The second-order valence-electron chi connectivity index (χ2n) is 5.86. The number of carboxylic acid groups (broad SMARTS) is 1. The highest BCUT2D eigenvalue weighted by Crippen LogP contribution is 2.13. The molecule has 0 saturated carbocycles. The molecule has 2 N–H and O–H groups in total. The van der Waals surface area contributed by atoms with Crippen molar-refractivity contribution in [3.63, 3.8) is 0 Å². The van der Waals surface area contributed by atoms with Gasteiger partial charge in [0.2, 0.25) is 5.91 Å². The number of hydrogen-bond acceptors (Lipinski definition) is 3. The number of hydrogen-bond donors (Lipinski definition) is 2. The van der Waals surface area contributed by atoms with E-state index < -0.39 is 12.0 Å². The van der Waals surface area contributed by atoms with Crippen molar-refractivity contribution in [2.45, 2.75) is 38.8 Å². The van der Waals surface area contributed by atoms with Crippen LogP contribution in [-0.4, -0.2) is 21.6 Å². The third-order valence-electron chi connectivity index (χ3n) is 3.99. The number of nitrogens with zero attached hydrogens (tertiary/aromatic N) is 1. The van der Waals surface area contributed by atoms with Gasteiger partial charge in [0.25, 0.3) is 5.56 Å². The van der Waals surface area contributed by atoms with Crippen LogP contribution in [0.3, 0.4) is 0 Å². The van der Waals surface area contributed by atoms with E-state index in [2.05, 4.69) is 5.32 Å². The minimum absolute atomic E-state index is 0.0560. The van der Waals surface area contributed by atoms with Gasteiger partial charge in [-0.25, -0.2) is 4.79 Å². The minimum atomic E-state index is -1.09. The Morgan fingerprint density at radius 2 is 1.80 bits per heavy atom. The van der Waals surface area contributed by atoms with Crippen LogP contribution in [0.4, 0.5) is 0 Å². The number of benzene rings is 1. The van der Waals surface area contributed by atoms with Crippen molar-refractivity contribution in [1.82, 2.24) is 9.88 Å². The van der Waals surface area contributed by atoms with Crippen LogP contribution in [0.15, 0.2) is 53.3 Å². The molecular formula is C19H22N2O4. The average molecular weight is 342 g/mol. The molecule has 0 saturated heterocycles. The molecular weight excluding hydrogens is 320 g/mol. The van der Waals surface area contributed by atoms with Gasteiger partial charge in [-0.15, -0.1) is 0 Å². The number of carbonyl (C=O) groups is 2. The number of aryl methyl sites for hydroxylation is 1. The molecule has 0 aliphatic rings. The highest BCUT2D eigenvalue weighted by Gasteiger charge is 2.21. The van der Waals surface area contributed by atoms with Crippen LogP contribution in [0.25, 0.3) is 0 Å². The molecule has 0 radical (unpaired) electrons. The standard InChI is InChI=1S/C19H22N2O4/c1-14-8-7-12-17(23)21(14)13-6-5-11-16(22)20-18(19(24)25)15-9-3-2-4-10-15/h2-4,7-10,12,18H,5-6,11,13H2,1H3,(H,20,22)(H,24,25). The van der Waals surface area contributed by atoms with Crippen molar-refractivity contribution in [3.05, 3.63) is 70.1 Å². The maximum atomic E-state index is 12.0. The lowest BCUT2D eigenvalue weighted by Gasteiger charge is -2.15. The quantitative estimate of drug-likeness (QED) is 0.720. The van der Waals surface area contributed by atoms with Crippen LogP contribution in [0.5, 0.6) is 0 Å². The first-order valence-electron chi connectivity index (χ1n) is 8.22. The Bertz CT molecular complexity index is 784. The summed E-state index contributed by atoms with van der Waals surface area (Å²) < 4.78 is 1.67. The molecule has 1 amide bonds. The molecule has 1 atom stereocenters. The Labute approximate surface area is 146 Å². The molecule has 0 bridgehead atoms. The van der Waals surface area contributed by atoms with E-state index in [1.54, 1.807) is 41.0 Å². The lowest BCUT2D eigenvalue weighted by molar-refractivity contribution is -0.142. The fraction of sp³-hybridized carbons (Fsp3) is 0.316. The van der Waals surface area contributed by atoms with Crippen LogP contribution >= 0.6 is 0 Å². The highest BCUT2D eigenvalue weighted by atomic mass is 16.4. The third-order valence-corrected chi connectivity index (χ3v) is 3.99. The minimum Gasteiger partial charge on any atom is -0.479 e. The van der Waals surface area contributed by atoms with Gasteiger partial charge in [0.05, 0.1) is 0 Å². The molecule has 1 heterocycles. The van der Waals surface area contributed by atoms with Gasteiger partial charge in [-0.2, -0.15) is 0 Å². The second-order valence-corrected chi connectivity index (χ2v) is 5.86. The van der Waals surface area contributed by atoms with Crippen molar-refractivity contribution < 1.29 is 14.7 Å². The molecule has 0 aliphatic carbocycles. The van der Waals surface area contributed by atoms with Gasteiger partial charge in [0.1, 0.15) is 0 Å². The summed E-state index contributed by atoms with van der Waals surface area (Å²) in [7, 11) is 0. The number of pyridine rings is 1. The number of carboxylic acids is 1. The van der Waals surface area contributed by atoms with Crippen LogP contribution < -0.4 is 10.9 Å². The number of nitrogens with one attached hydrogen (secondary N) is 1. The van der Waals surface area contributed by atoms with E-state index in [4.69, 9.17) is 0 Å². The van der Waals surface area contributed by atoms with Crippen LogP contribution in [0.1, 0.15) is 36.6 Å². The summed E-state index contributed by atoms with van der Waals surface area (Å²) in [4.78, 5) is 35.2. The molecule has 6 nitrogen and oxygen atoms in total. The second kappa shape index (κ2) is 8.82. The molecule has 1 aromatic carbocycles. The lowest BCUT2D eigenvalue weighted by atomic mass is 10.1. The van der Waals surface area contributed by atoms with E-state index >= 15 is 0 Å². The molecule has 2 aromatic rings. The Balaban J connectivity index is 1.84. The van der Waals surface area contributed by atoms with E-state index in [0.29, 0.717) is 24.9 Å². The molecule has 25 heavy (non-hydrogen) atoms. The average Bonchev–Trinajstić information content (AvgIpc) is 2.59. The van der Waals surface area contributed by atoms with Gasteiger partial charge in [0, 0.05) is 24.7 Å². The smallest absolute Gasteiger partial charge is 0.330 e. The van der Waals surface area contributed by atoms with Crippen LogP contribution in [0, 0.1) is 6.92 Å². The van der Waals surface area contributed by atoms with E-state index in [9.17, 15) is 19.5 Å². The van der Waals surface area contributed by atoms with Gasteiger partial charge in [-0.1, -0.05) is 36.4 Å². The van der Waals surface area contributed by atoms with Crippen molar-refractivity contribution in [3.8, 4) is 0 Å². The van der Waals surface area contributed by atoms with E-state index in [1.165, 1.54) is 6.07 Å². The first-order valence-corrected chi connectivity index (χ1v) is 8.22. The summed E-state index contributed by atoms with van der Waals surface area (Å²) >= 11 is 0. The van der Waals surface area contributed by atoms with Gasteiger partial charge in [0.15, 0.2) is 6.04 Å². The summed E-state index contributed by atoms with van der Waals surface area (Å²) in [5, 5.41) is 11.9. The van der Waals surface area contributed by atoms with Crippen LogP contribution in [-0.2, 0) is 16.1 Å². The number of aromatic nitrogens is 1. The van der Waals surface area contributed by atoms with Gasteiger partial charge < -0.3 is 15.0 Å². The van der Waals surface area contributed by atoms with Crippen molar-refractivity contribution in [1.29, 1.82) is 0 Å². The summed E-state index contributed by atoms with van der Waals surface area (Å²) in [6, 6.07) is 12.6. The molecule has 1 aromatic heterocycles. The predicted octanol–water partition coefficient (Wildman–Crippen LogP) is 2.27. The zero-order valence-electron chi connectivity index (χ0n) is 14.1. The fourth-order valence-corrected chi connectivity index (χ4v) is 2.63. The Morgan fingerprint density at radius 1 is 1.08 bits per heavy atom. The van der Waals surface area contributed by atoms with Gasteiger partial charge >= 0.3 is 5.97 Å². The predicted molar refractivity (Wildman–Crippen MR) is 94.3 cm³/mol. The fourth-order valence-electron chi connectivity index (χ4n) is 2.63. The number of rotatable bonds is 8. The van der Waals surface area contributed by atoms with Crippen LogP contribution in [0.2, 0.25) is 0 Å². The maximum absolute atomic E-state index is 12.0. The summed E-state index contributed by atoms with van der Waals surface area (Å²) in [6.45, 7) is 2.41. The maximum Gasteiger partial charge on any atom is 0.330 e. The summed E-state index contributed by atoms with van der Waals surface area (Å²) in [6.07, 6.45) is 1.46. The lowest BCUT2D eigenvalue weighted by Crippen LogP contribution is -2.33. The molecule has 0 spiro atoms. The topological polar surface area (TPSA) is 88.4 Å². The first kappa shape index (κ1) is 18.4. The number of amides is 1. The Kier molecular flexibility index (Phi) is 6.51. The molecule has 6 heteroatoms. The van der Waals surface area contributed by atoms with Gasteiger partial charge in [-0.05, 0) is 31.4 Å². The highest BCUT2D eigenvalue weighted by molar-refractivity contribution is 5.84. The Morgan fingerprint density at radius 3 is 2.44 bits per heavy atom. The summed E-state index contributed by atoms with van der Waals surface area (Å²) in [5.41, 5.74) is 1.36. The van der Waals surface area contributed by atoms with E-state index in [0.717, 1.165) is 5.69 Å². The number of unbranched alkanes of at least 4 members (excludes halogenated alkanes) is 1. The Hall–Kier alpha value is -2.89. The molecule has 132 valence electrons. The van der Waals surface area contributed by atoms with Crippen molar-refractivity contribution in [2.24, 2.45) is 0 Å². The van der Waals surface area contributed by atoms with E-state index in [-0.39, 0.29) is 17.9 Å². The molecule has 2 rings (SSSR count). The zero-order valence-corrected chi connectivity index (χ0v) is 14.1. The van der Waals surface area contributed by atoms with Gasteiger partial charge in [-0.3, -0.25) is 9.59 Å². The number of aliphatic carboxylic acids is 1. The molecule has 0 fully saturated rings. The monoisotopic (exact) mass is 342 g/mol. The van der Waals surface area contributed by atoms with E-state index in [1.807, 2.05) is 13.0 Å². The van der Waals surface area contributed by atoms with Crippen molar-refractivity contribution >= 4 is 11.9 Å². The molecule has 0 aliphatic heterocycles. The zero-order chi connectivity index (χ0) is 18.2. The summed E-state index contributed by atoms with van der Waals surface area (Å²) in [5.74, 6) is -1.40. The first-order chi connectivity index (χ1) is 12.0.